The zero-order chi connectivity index (χ0) is 17.9. The Bertz CT molecular complexity index is 529. The number of guanidine groups is 1. The van der Waals surface area contributed by atoms with E-state index < -0.39 is 6.61 Å². The largest absolute Gasteiger partial charge is 0.490 e. The Labute approximate surface area is 165 Å². The average molecular weight is 471 g/mol. The molecule has 1 aromatic carbocycles. The molecule has 0 aromatic heterocycles. The van der Waals surface area contributed by atoms with E-state index in [9.17, 15) is 8.78 Å². The van der Waals surface area contributed by atoms with E-state index in [-0.39, 0.29) is 29.7 Å². The van der Waals surface area contributed by atoms with Crippen LogP contribution < -0.4 is 20.1 Å². The topological polar surface area (TPSA) is 54.9 Å². The van der Waals surface area contributed by atoms with E-state index in [1.54, 1.807) is 19.1 Å². The van der Waals surface area contributed by atoms with E-state index in [2.05, 4.69) is 34.2 Å². The first kappa shape index (κ1) is 23.7. The Kier molecular flexibility index (Phi) is 12.3. The third-order valence-corrected chi connectivity index (χ3v) is 2.97. The van der Waals surface area contributed by atoms with Crippen molar-refractivity contribution in [3.63, 3.8) is 0 Å². The summed E-state index contributed by atoms with van der Waals surface area (Å²) < 4.78 is 34.7. The average Bonchev–Trinajstić information content (AvgIpc) is 2.52. The lowest BCUT2D eigenvalue weighted by atomic mass is 10.2. The van der Waals surface area contributed by atoms with Crippen LogP contribution in [-0.2, 0) is 6.54 Å². The molecule has 0 atom stereocenters. The lowest BCUT2D eigenvalue weighted by Gasteiger charge is -2.14. The van der Waals surface area contributed by atoms with Gasteiger partial charge in [-0.3, -0.25) is 0 Å². The van der Waals surface area contributed by atoms with Gasteiger partial charge in [0, 0.05) is 13.1 Å². The number of alkyl halides is 2. The minimum absolute atomic E-state index is 0. The van der Waals surface area contributed by atoms with Crippen molar-refractivity contribution in [2.75, 3.05) is 19.7 Å². The van der Waals surface area contributed by atoms with Gasteiger partial charge in [-0.25, -0.2) is 4.99 Å². The quantitative estimate of drug-likeness (QED) is 0.325. The highest BCUT2D eigenvalue weighted by Crippen LogP contribution is 2.30. The number of benzene rings is 1. The van der Waals surface area contributed by atoms with Gasteiger partial charge in [-0.15, -0.1) is 24.0 Å². The maximum Gasteiger partial charge on any atom is 0.387 e. The molecule has 0 radical (unpaired) electrons. The van der Waals surface area contributed by atoms with Gasteiger partial charge in [-0.05, 0) is 37.5 Å². The summed E-state index contributed by atoms with van der Waals surface area (Å²) in [5.41, 5.74) is 0.849. The zero-order valence-electron chi connectivity index (χ0n) is 15.1. The number of ether oxygens (including phenoxy) is 2. The lowest BCUT2D eigenvalue weighted by Crippen LogP contribution is -2.39. The molecule has 0 spiro atoms. The van der Waals surface area contributed by atoms with Crippen LogP contribution in [0.4, 0.5) is 8.78 Å². The number of rotatable bonds is 9. The third kappa shape index (κ3) is 9.66. The molecule has 1 rings (SSSR count). The number of hydrogen-bond acceptors (Lipinski definition) is 3. The Balaban J connectivity index is 0.00000576. The van der Waals surface area contributed by atoms with Crippen molar-refractivity contribution in [2.24, 2.45) is 10.9 Å². The van der Waals surface area contributed by atoms with Crippen LogP contribution in [0.5, 0.6) is 11.5 Å². The highest BCUT2D eigenvalue weighted by molar-refractivity contribution is 14.0. The van der Waals surface area contributed by atoms with Gasteiger partial charge in [0.15, 0.2) is 17.5 Å². The van der Waals surface area contributed by atoms with E-state index in [1.165, 1.54) is 6.07 Å². The predicted molar refractivity (Wildman–Crippen MR) is 107 cm³/mol. The van der Waals surface area contributed by atoms with E-state index in [1.807, 2.05) is 6.92 Å². The summed E-state index contributed by atoms with van der Waals surface area (Å²) in [5.74, 6) is 1.55. The molecule has 0 aliphatic carbocycles. The molecule has 25 heavy (non-hydrogen) atoms. The molecule has 0 saturated heterocycles. The molecule has 1 aromatic rings. The first-order valence-corrected chi connectivity index (χ1v) is 8.18. The Morgan fingerprint density at radius 2 is 1.88 bits per heavy atom. The standard InChI is InChI=1S/C17H27F2N3O2.HI/c1-5-20-17(21-10-12(3)4)22-11-13-7-8-14(24-16(18)19)15(9-13)23-6-2;/h7-9,12,16H,5-6,10-11H2,1-4H3,(H2,20,21,22);1H. The summed E-state index contributed by atoms with van der Waals surface area (Å²) in [6, 6.07) is 4.86. The number of hydrogen-bond donors (Lipinski definition) is 2. The smallest absolute Gasteiger partial charge is 0.387 e. The molecule has 0 bridgehead atoms. The van der Waals surface area contributed by atoms with Crippen molar-refractivity contribution in [3.8, 4) is 11.5 Å². The monoisotopic (exact) mass is 471 g/mol. The first-order valence-electron chi connectivity index (χ1n) is 8.18. The number of halogens is 3. The van der Waals surface area contributed by atoms with E-state index in [4.69, 9.17) is 4.74 Å². The second-order valence-electron chi connectivity index (χ2n) is 5.56. The highest BCUT2D eigenvalue weighted by Gasteiger charge is 2.11. The molecule has 0 heterocycles. The first-order chi connectivity index (χ1) is 11.5. The molecule has 2 N–H and O–H groups in total. The predicted octanol–water partition coefficient (Wildman–Crippen LogP) is 4.02. The summed E-state index contributed by atoms with van der Waals surface area (Å²) in [5, 5.41) is 6.42. The van der Waals surface area contributed by atoms with Gasteiger partial charge in [0.2, 0.25) is 0 Å². The van der Waals surface area contributed by atoms with Gasteiger partial charge < -0.3 is 20.1 Å². The second-order valence-corrected chi connectivity index (χ2v) is 5.56. The maximum absolute atomic E-state index is 12.4. The summed E-state index contributed by atoms with van der Waals surface area (Å²) in [7, 11) is 0. The van der Waals surface area contributed by atoms with Gasteiger partial charge in [-0.1, -0.05) is 19.9 Å². The van der Waals surface area contributed by atoms with Crippen molar-refractivity contribution in [3.05, 3.63) is 23.8 Å². The van der Waals surface area contributed by atoms with Gasteiger partial charge in [0.05, 0.1) is 13.2 Å². The molecule has 0 fully saturated rings. The minimum atomic E-state index is -2.88. The fourth-order valence-corrected chi connectivity index (χ4v) is 1.93. The van der Waals surface area contributed by atoms with Crippen LogP contribution in [0, 0.1) is 5.92 Å². The van der Waals surface area contributed by atoms with Crippen molar-refractivity contribution >= 4 is 29.9 Å². The molecule has 0 aliphatic rings. The molecular formula is C17H28F2IN3O2. The van der Waals surface area contributed by atoms with Crippen LogP contribution >= 0.6 is 24.0 Å². The molecule has 0 amide bonds. The second kappa shape index (κ2) is 13.0. The maximum atomic E-state index is 12.4. The number of nitrogens with zero attached hydrogens (tertiary/aromatic N) is 1. The Hall–Kier alpha value is -1.32. The van der Waals surface area contributed by atoms with Crippen LogP contribution in [0.2, 0.25) is 0 Å². The van der Waals surface area contributed by atoms with Crippen LogP contribution in [0.15, 0.2) is 23.2 Å². The Morgan fingerprint density at radius 3 is 2.44 bits per heavy atom. The SMILES string of the molecule is CCNC(=NCc1ccc(OC(F)F)c(OCC)c1)NCC(C)C.I. The molecule has 0 aliphatic heterocycles. The van der Waals surface area contributed by atoms with Gasteiger partial charge in [0.25, 0.3) is 0 Å². The molecule has 144 valence electrons. The minimum Gasteiger partial charge on any atom is -0.490 e. The summed E-state index contributed by atoms with van der Waals surface area (Å²) in [6.07, 6.45) is 0. The van der Waals surface area contributed by atoms with Crippen molar-refractivity contribution in [1.29, 1.82) is 0 Å². The molecular weight excluding hydrogens is 443 g/mol. The molecule has 8 heteroatoms. The fraction of sp³-hybridized carbons (Fsp3) is 0.588. The summed E-state index contributed by atoms with van der Waals surface area (Å²) in [6.45, 7) is 7.49. The van der Waals surface area contributed by atoms with Crippen molar-refractivity contribution in [1.82, 2.24) is 10.6 Å². The van der Waals surface area contributed by atoms with Crippen LogP contribution in [0.3, 0.4) is 0 Å². The summed E-state index contributed by atoms with van der Waals surface area (Å²) >= 11 is 0. The zero-order valence-corrected chi connectivity index (χ0v) is 17.5. The number of aliphatic imine (C=N–C) groups is 1. The lowest BCUT2D eigenvalue weighted by molar-refractivity contribution is -0.0514. The van der Waals surface area contributed by atoms with Gasteiger partial charge >= 0.3 is 6.61 Å². The van der Waals surface area contributed by atoms with E-state index in [0.29, 0.717) is 24.8 Å². The molecule has 5 nitrogen and oxygen atoms in total. The van der Waals surface area contributed by atoms with Crippen LogP contribution in [0.1, 0.15) is 33.3 Å². The van der Waals surface area contributed by atoms with E-state index >= 15 is 0 Å². The van der Waals surface area contributed by atoms with Gasteiger partial charge in [0.1, 0.15) is 0 Å². The highest BCUT2D eigenvalue weighted by atomic mass is 127. The Morgan fingerprint density at radius 1 is 1.16 bits per heavy atom. The summed E-state index contributed by atoms with van der Waals surface area (Å²) in [4.78, 5) is 4.50. The van der Waals surface area contributed by atoms with Crippen LogP contribution in [0.25, 0.3) is 0 Å². The molecule has 0 saturated carbocycles. The van der Waals surface area contributed by atoms with Crippen LogP contribution in [-0.4, -0.2) is 32.3 Å². The van der Waals surface area contributed by atoms with E-state index in [0.717, 1.165) is 24.6 Å². The fourth-order valence-electron chi connectivity index (χ4n) is 1.93. The van der Waals surface area contributed by atoms with Crippen molar-refractivity contribution < 1.29 is 18.3 Å². The third-order valence-electron chi connectivity index (χ3n) is 2.97. The van der Waals surface area contributed by atoms with Gasteiger partial charge in [-0.2, -0.15) is 8.78 Å². The normalized spacial score (nSPS) is 11.3. The molecule has 0 unspecified atom stereocenters. The number of nitrogens with one attached hydrogen (secondary N) is 2. The van der Waals surface area contributed by atoms with Crippen molar-refractivity contribution in [2.45, 2.75) is 40.9 Å².